The monoisotopic (exact) mass is 334 g/mol. The summed E-state index contributed by atoms with van der Waals surface area (Å²) >= 11 is 1.06. The fraction of sp³-hybridized carbons (Fsp3) is 0.583. The molecule has 0 bridgehead atoms. The molecule has 21 heavy (non-hydrogen) atoms. The number of aliphatic hydroxyl groups excluding tert-OH is 1. The number of ether oxygens (including phenoxy) is 1. The van der Waals surface area contributed by atoms with Gasteiger partial charge in [0.15, 0.2) is 0 Å². The molecule has 0 saturated carbocycles. The molecule has 0 amide bonds. The van der Waals surface area contributed by atoms with Crippen LogP contribution in [-0.4, -0.2) is 75.1 Å². The van der Waals surface area contributed by atoms with Gasteiger partial charge in [0.2, 0.25) is 10.0 Å². The van der Waals surface area contributed by atoms with Crippen molar-refractivity contribution in [1.82, 2.24) is 9.21 Å². The van der Waals surface area contributed by atoms with E-state index in [2.05, 4.69) is 4.74 Å². The summed E-state index contributed by atoms with van der Waals surface area (Å²) in [6, 6.07) is 1.44. The van der Waals surface area contributed by atoms with Crippen LogP contribution in [0, 0.1) is 0 Å². The third-order valence-corrected chi connectivity index (χ3v) is 6.33. The summed E-state index contributed by atoms with van der Waals surface area (Å²) in [6.07, 6.45) is 0. The normalized spacial score (nSPS) is 17.8. The molecular weight excluding hydrogens is 316 g/mol. The number of carbonyl (C=O) groups excluding carboxylic acids is 1. The summed E-state index contributed by atoms with van der Waals surface area (Å²) in [6.45, 7) is 2.43. The Labute approximate surface area is 127 Å². The van der Waals surface area contributed by atoms with Gasteiger partial charge in [0, 0.05) is 32.7 Å². The van der Waals surface area contributed by atoms with Gasteiger partial charge in [0.05, 0.1) is 13.7 Å². The first-order valence-corrected chi connectivity index (χ1v) is 8.82. The third kappa shape index (κ3) is 3.43. The Morgan fingerprint density at radius 3 is 2.62 bits per heavy atom. The number of hydrogen-bond donors (Lipinski definition) is 1. The second-order valence-corrected chi connectivity index (χ2v) is 7.40. The molecule has 9 heteroatoms. The predicted octanol–water partition coefficient (Wildman–Crippen LogP) is -0.167. The largest absolute Gasteiger partial charge is 0.465 e. The van der Waals surface area contributed by atoms with E-state index >= 15 is 0 Å². The Morgan fingerprint density at radius 2 is 2.05 bits per heavy atom. The van der Waals surface area contributed by atoms with Crippen LogP contribution in [-0.2, 0) is 14.8 Å². The number of methoxy groups -OCH3 is 1. The van der Waals surface area contributed by atoms with Gasteiger partial charge < -0.3 is 9.84 Å². The molecule has 1 N–H and O–H groups in total. The average molecular weight is 334 g/mol. The van der Waals surface area contributed by atoms with E-state index in [4.69, 9.17) is 5.11 Å². The summed E-state index contributed by atoms with van der Waals surface area (Å²) in [7, 11) is -2.46. The summed E-state index contributed by atoms with van der Waals surface area (Å²) in [5.74, 6) is -0.637. The molecule has 2 rings (SSSR count). The van der Waals surface area contributed by atoms with Gasteiger partial charge in [-0.05, 0) is 11.4 Å². The second-order valence-electron chi connectivity index (χ2n) is 4.57. The topological polar surface area (TPSA) is 87.2 Å². The Bertz CT molecular complexity index is 591. The van der Waals surface area contributed by atoms with Crippen LogP contribution in [0.3, 0.4) is 0 Å². The van der Waals surface area contributed by atoms with Crippen LogP contribution in [0.25, 0.3) is 0 Å². The van der Waals surface area contributed by atoms with Crippen LogP contribution in [0.4, 0.5) is 0 Å². The lowest BCUT2D eigenvalue weighted by atomic mass is 10.4. The van der Waals surface area contributed by atoms with Gasteiger partial charge in [-0.15, -0.1) is 11.3 Å². The zero-order valence-corrected chi connectivity index (χ0v) is 13.3. The van der Waals surface area contributed by atoms with E-state index in [1.807, 2.05) is 4.90 Å². The maximum atomic E-state index is 12.6. The lowest BCUT2D eigenvalue weighted by molar-refractivity contribution is 0.0602. The SMILES string of the molecule is COC(=O)c1sccc1S(=O)(=O)N1CCN(CCO)CC1. The zero-order chi connectivity index (χ0) is 15.5. The highest BCUT2D eigenvalue weighted by Crippen LogP contribution is 2.26. The minimum atomic E-state index is -3.69. The van der Waals surface area contributed by atoms with Crippen molar-refractivity contribution in [2.75, 3.05) is 46.4 Å². The Kier molecular flexibility index (Phi) is 5.33. The number of hydrogen-bond acceptors (Lipinski definition) is 7. The van der Waals surface area contributed by atoms with Crippen LogP contribution < -0.4 is 0 Å². The fourth-order valence-corrected chi connectivity index (χ4v) is 4.95. The smallest absolute Gasteiger partial charge is 0.349 e. The van der Waals surface area contributed by atoms with Gasteiger partial charge in [-0.2, -0.15) is 4.31 Å². The molecule has 2 heterocycles. The highest BCUT2D eigenvalue weighted by molar-refractivity contribution is 7.89. The molecule has 0 radical (unpaired) electrons. The van der Waals surface area contributed by atoms with Crippen molar-refractivity contribution in [3.05, 3.63) is 16.3 Å². The van der Waals surface area contributed by atoms with Crippen molar-refractivity contribution < 1.29 is 23.1 Å². The highest BCUT2D eigenvalue weighted by Gasteiger charge is 2.32. The number of nitrogens with zero attached hydrogens (tertiary/aromatic N) is 2. The van der Waals surface area contributed by atoms with Gasteiger partial charge in [-0.3, -0.25) is 4.90 Å². The molecule has 1 aromatic heterocycles. The zero-order valence-electron chi connectivity index (χ0n) is 11.7. The molecule has 1 fully saturated rings. The molecule has 1 aliphatic heterocycles. The number of esters is 1. The van der Waals surface area contributed by atoms with Gasteiger partial charge in [0.1, 0.15) is 9.77 Å². The quantitative estimate of drug-likeness (QED) is 0.753. The number of thiophene rings is 1. The van der Waals surface area contributed by atoms with Crippen LogP contribution in [0.5, 0.6) is 0 Å². The average Bonchev–Trinajstić information content (AvgIpc) is 2.97. The molecule has 0 unspecified atom stereocenters. The second kappa shape index (κ2) is 6.84. The number of sulfonamides is 1. The Hall–Kier alpha value is -1.00. The van der Waals surface area contributed by atoms with E-state index in [0.29, 0.717) is 32.7 Å². The highest BCUT2D eigenvalue weighted by atomic mass is 32.2. The number of piperazine rings is 1. The Balaban J connectivity index is 2.16. The molecule has 0 atom stereocenters. The molecule has 0 aromatic carbocycles. The molecule has 1 saturated heterocycles. The molecule has 1 aromatic rings. The van der Waals surface area contributed by atoms with Crippen LogP contribution in [0.15, 0.2) is 16.3 Å². The number of carbonyl (C=O) groups is 1. The first kappa shape index (κ1) is 16.4. The minimum Gasteiger partial charge on any atom is -0.465 e. The van der Waals surface area contributed by atoms with Gasteiger partial charge in [-0.1, -0.05) is 0 Å². The van der Waals surface area contributed by atoms with Gasteiger partial charge in [0.25, 0.3) is 0 Å². The van der Waals surface area contributed by atoms with Crippen molar-refractivity contribution in [3.8, 4) is 0 Å². The maximum Gasteiger partial charge on any atom is 0.349 e. The summed E-state index contributed by atoms with van der Waals surface area (Å²) in [4.78, 5) is 13.7. The number of aliphatic hydroxyl groups is 1. The number of β-amino-alcohol motifs (C(OH)–C–C–N with tert-alkyl or cyclic N) is 1. The summed E-state index contributed by atoms with van der Waals surface area (Å²) in [5.41, 5.74) is 0. The van der Waals surface area contributed by atoms with E-state index in [0.717, 1.165) is 11.3 Å². The van der Waals surface area contributed by atoms with E-state index in [1.54, 1.807) is 5.38 Å². The molecule has 118 valence electrons. The van der Waals surface area contributed by atoms with E-state index < -0.39 is 16.0 Å². The van der Waals surface area contributed by atoms with Gasteiger partial charge in [-0.25, -0.2) is 13.2 Å². The van der Waals surface area contributed by atoms with E-state index in [9.17, 15) is 13.2 Å². The van der Waals surface area contributed by atoms with Crippen LogP contribution >= 0.6 is 11.3 Å². The lowest BCUT2D eigenvalue weighted by Gasteiger charge is -2.33. The van der Waals surface area contributed by atoms with Crippen LogP contribution in [0.1, 0.15) is 9.67 Å². The van der Waals surface area contributed by atoms with E-state index in [1.165, 1.54) is 17.5 Å². The molecule has 1 aliphatic rings. The molecular formula is C12H18N2O5S2. The standard InChI is InChI=1S/C12H18N2O5S2/c1-19-12(16)11-10(2-9-20-11)21(17,18)14-5-3-13(4-6-14)7-8-15/h2,9,15H,3-8H2,1H3. The Morgan fingerprint density at radius 1 is 1.38 bits per heavy atom. The minimum absolute atomic E-state index is 0.00922. The molecule has 7 nitrogen and oxygen atoms in total. The van der Waals surface area contributed by atoms with Gasteiger partial charge >= 0.3 is 5.97 Å². The maximum absolute atomic E-state index is 12.6. The first-order chi connectivity index (χ1) is 10.0. The van der Waals surface area contributed by atoms with E-state index in [-0.39, 0.29) is 16.4 Å². The summed E-state index contributed by atoms with van der Waals surface area (Å²) < 4.78 is 31.2. The fourth-order valence-electron chi connectivity index (χ4n) is 2.22. The van der Waals surface area contributed by atoms with Crippen molar-refractivity contribution in [2.24, 2.45) is 0 Å². The summed E-state index contributed by atoms with van der Waals surface area (Å²) in [5, 5.41) is 10.5. The lowest BCUT2D eigenvalue weighted by Crippen LogP contribution is -2.49. The third-order valence-electron chi connectivity index (χ3n) is 3.37. The van der Waals surface area contributed by atoms with Crippen molar-refractivity contribution >= 4 is 27.3 Å². The predicted molar refractivity (Wildman–Crippen MR) is 77.9 cm³/mol. The molecule has 0 aliphatic carbocycles. The van der Waals surface area contributed by atoms with Crippen molar-refractivity contribution in [1.29, 1.82) is 0 Å². The van der Waals surface area contributed by atoms with Crippen molar-refractivity contribution in [2.45, 2.75) is 4.90 Å². The van der Waals surface area contributed by atoms with Crippen molar-refractivity contribution in [3.63, 3.8) is 0 Å². The van der Waals surface area contributed by atoms with Crippen LogP contribution in [0.2, 0.25) is 0 Å². The number of rotatable bonds is 5. The molecule has 0 spiro atoms. The first-order valence-electron chi connectivity index (χ1n) is 6.50.